The predicted molar refractivity (Wildman–Crippen MR) is 195 cm³/mol. The molecule has 3 heterocycles. The normalized spacial score (nSPS) is 26.3. The lowest BCUT2D eigenvalue weighted by atomic mass is 9.70. The van der Waals surface area contributed by atoms with E-state index in [0.29, 0.717) is 29.1 Å². The minimum atomic E-state index is -1.38. The van der Waals surface area contributed by atoms with Gasteiger partial charge in [0.05, 0.1) is 37.1 Å². The fourth-order valence-corrected chi connectivity index (χ4v) is 8.76. The van der Waals surface area contributed by atoms with Gasteiger partial charge in [-0.15, -0.1) is 13.2 Å². The molecule has 3 aliphatic heterocycles. The predicted octanol–water partition coefficient (Wildman–Crippen LogP) is 5.38. The van der Waals surface area contributed by atoms with E-state index in [1.54, 1.807) is 48.6 Å². The van der Waals surface area contributed by atoms with Gasteiger partial charge < -0.3 is 29.7 Å². The van der Waals surface area contributed by atoms with Gasteiger partial charge in [0, 0.05) is 28.5 Å². The largest absolute Gasteiger partial charge is 0.455 e. The molecule has 0 aliphatic carbocycles. The lowest BCUT2D eigenvalue weighted by molar-refractivity contribution is -0.161. The van der Waals surface area contributed by atoms with E-state index in [9.17, 15) is 24.3 Å². The fraction of sp³-hybridized carbons (Fsp3) is 0.474. The Morgan fingerprint density at radius 2 is 1.86 bits per heavy atom. The summed E-state index contributed by atoms with van der Waals surface area (Å²) in [5.41, 5.74) is -0.156. The molecule has 3 saturated heterocycles. The second-order valence-electron chi connectivity index (χ2n) is 13.6. The molecule has 1 unspecified atom stereocenters. The molecule has 3 fully saturated rings. The monoisotopic (exact) mass is 769 g/mol. The quantitative estimate of drug-likeness (QED) is 0.134. The van der Waals surface area contributed by atoms with Gasteiger partial charge >= 0.3 is 5.97 Å². The van der Waals surface area contributed by atoms with Crippen LogP contribution in [0.25, 0.3) is 0 Å². The van der Waals surface area contributed by atoms with Crippen LogP contribution in [-0.4, -0.2) is 82.0 Å². The number of nitrogens with one attached hydrogen (secondary N) is 1. The summed E-state index contributed by atoms with van der Waals surface area (Å²) in [5, 5.41) is 14.0. The highest BCUT2D eigenvalue weighted by Gasteiger charge is 2.77. The molecule has 268 valence electrons. The highest BCUT2D eigenvalue weighted by molar-refractivity contribution is 9.09. The van der Waals surface area contributed by atoms with Crippen LogP contribution >= 0.6 is 27.5 Å². The van der Waals surface area contributed by atoms with Crippen molar-refractivity contribution in [2.75, 3.05) is 24.6 Å². The minimum Gasteiger partial charge on any atom is -0.455 e. The number of carbonyl (C=O) groups is 4. The van der Waals surface area contributed by atoms with E-state index in [4.69, 9.17) is 21.1 Å². The molecule has 2 N–H and O–H groups in total. The van der Waals surface area contributed by atoms with Crippen LogP contribution in [0.15, 0.2) is 79.9 Å². The number of hydrogen-bond acceptors (Lipinski definition) is 7. The third-order valence-electron chi connectivity index (χ3n) is 9.79. The van der Waals surface area contributed by atoms with Crippen LogP contribution < -0.4 is 10.2 Å². The van der Waals surface area contributed by atoms with Gasteiger partial charge in [0.2, 0.25) is 11.8 Å². The zero-order valence-electron chi connectivity index (χ0n) is 28.4. The molecule has 2 bridgehead atoms. The topological polar surface area (TPSA) is 125 Å². The van der Waals surface area contributed by atoms with Crippen LogP contribution in [0.4, 0.5) is 5.69 Å². The number of esters is 1. The van der Waals surface area contributed by atoms with Crippen molar-refractivity contribution in [2.24, 2.45) is 17.8 Å². The number of rotatable bonds is 16. The summed E-state index contributed by atoms with van der Waals surface area (Å²) >= 11 is 9.89. The number of benzene rings is 2. The molecule has 10 nitrogen and oxygen atoms in total. The Morgan fingerprint density at radius 3 is 2.48 bits per heavy atom. The molecule has 2 aromatic rings. The summed E-state index contributed by atoms with van der Waals surface area (Å²) in [6.45, 7) is 11.3. The Balaban J connectivity index is 1.53. The average molecular weight is 771 g/mol. The van der Waals surface area contributed by atoms with Crippen LogP contribution in [-0.2, 0) is 28.7 Å². The summed E-state index contributed by atoms with van der Waals surface area (Å²) < 4.78 is 12.9. The van der Waals surface area contributed by atoms with Gasteiger partial charge in [0.1, 0.15) is 17.7 Å². The number of fused-ring (bicyclic) bond motifs is 1. The fourth-order valence-electron chi connectivity index (χ4n) is 7.69. The van der Waals surface area contributed by atoms with E-state index in [1.807, 2.05) is 32.0 Å². The smallest absolute Gasteiger partial charge is 0.313 e. The van der Waals surface area contributed by atoms with Crippen molar-refractivity contribution < 1.29 is 33.8 Å². The molecule has 3 aliphatic rings. The van der Waals surface area contributed by atoms with Gasteiger partial charge in [-0.25, -0.2) is 0 Å². The number of amides is 3. The van der Waals surface area contributed by atoms with Crippen LogP contribution in [0.5, 0.6) is 0 Å². The maximum absolute atomic E-state index is 14.9. The summed E-state index contributed by atoms with van der Waals surface area (Å²) in [6, 6.07) is 14.0. The third kappa shape index (κ3) is 7.42. The van der Waals surface area contributed by atoms with E-state index in [1.165, 1.54) is 9.80 Å². The van der Waals surface area contributed by atoms with Crippen molar-refractivity contribution in [3.8, 4) is 0 Å². The number of nitrogens with zero attached hydrogens (tertiary/aromatic N) is 2. The standard InChI is InChI=1S/C38H45BrClN3O7/c1-5-7-13-30(45)41-21-29(24-11-9-8-10-12-24)49-37(48)31-32-35(46)43(27(22-44)19-23(3)4)34(38(32)20-28(39)33(31)50-38)36(47)42(18-6-2)26-16-14-25(40)15-17-26/h5-6,8-12,14-17,23,27-29,31-34,44H,1-2,7,13,18-22H2,3-4H3,(H,41,45)/t27-,28?,29+,31-,32+,33-,34-,38+/m1/s1. The van der Waals surface area contributed by atoms with Crippen molar-refractivity contribution in [3.05, 3.63) is 90.5 Å². The summed E-state index contributed by atoms with van der Waals surface area (Å²) in [4.78, 5) is 59.1. The number of ether oxygens (including phenoxy) is 2. The van der Waals surface area contributed by atoms with Crippen LogP contribution in [0.2, 0.25) is 5.02 Å². The summed E-state index contributed by atoms with van der Waals surface area (Å²) in [7, 11) is 0. The molecular weight excluding hydrogens is 726 g/mol. The average Bonchev–Trinajstić information content (AvgIpc) is 3.70. The number of aliphatic hydroxyl groups excluding tert-OH is 1. The van der Waals surface area contributed by atoms with Crippen molar-refractivity contribution >= 4 is 56.9 Å². The highest BCUT2D eigenvalue weighted by Crippen LogP contribution is 2.61. The zero-order valence-corrected chi connectivity index (χ0v) is 30.7. The number of alkyl halides is 1. The summed E-state index contributed by atoms with van der Waals surface area (Å²) in [6.07, 6.45) is 3.12. The van der Waals surface area contributed by atoms with Crippen LogP contribution in [0.3, 0.4) is 0 Å². The Morgan fingerprint density at radius 1 is 1.16 bits per heavy atom. The molecule has 0 radical (unpaired) electrons. The molecule has 0 saturated carbocycles. The van der Waals surface area contributed by atoms with Gasteiger partial charge in [-0.05, 0) is 55.0 Å². The van der Waals surface area contributed by atoms with Gasteiger partial charge in [-0.1, -0.05) is 83.9 Å². The Bertz CT molecular complexity index is 1570. The zero-order chi connectivity index (χ0) is 36.2. The number of hydrogen-bond donors (Lipinski definition) is 2. The van der Waals surface area contributed by atoms with Crippen molar-refractivity contribution in [1.82, 2.24) is 10.2 Å². The van der Waals surface area contributed by atoms with E-state index in [2.05, 4.69) is 34.4 Å². The van der Waals surface area contributed by atoms with Crippen molar-refractivity contribution in [2.45, 2.75) is 74.3 Å². The summed E-state index contributed by atoms with van der Waals surface area (Å²) in [5.74, 6) is -3.73. The molecule has 3 amide bonds. The molecule has 2 aromatic carbocycles. The SMILES string of the molecule is C=CCCC(=O)NC[C@H](OC(=O)[C@H]1[C@@H]2O[C@@]3(CC2Br)[C@@H]1C(=O)N([C@@H](CO)CC(C)C)[C@@H]3C(=O)N(CC=C)c1ccc(Cl)cc1)c1ccccc1. The molecule has 50 heavy (non-hydrogen) atoms. The van der Waals surface area contributed by atoms with Crippen LogP contribution in [0.1, 0.15) is 51.2 Å². The van der Waals surface area contributed by atoms with E-state index >= 15 is 0 Å². The molecule has 12 heteroatoms. The molecular formula is C38H45BrClN3O7. The number of halogens is 2. The Hall–Kier alpha value is -3.51. The van der Waals surface area contributed by atoms with Crippen molar-refractivity contribution in [1.29, 1.82) is 0 Å². The first-order valence-corrected chi connectivity index (χ1v) is 18.3. The number of allylic oxidation sites excluding steroid dienone is 1. The first-order chi connectivity index (χ1) is 24.0. The number of likely N-dealkylation sites (tertiary alicyclic amines) is 1. The first-order valence-electron chi connectivity index (χ1n) is 17.0. The van der Waals surface area contributed by atoms with Gasteiger partial charge in [-0.2, -0.15) is 0 Å². The van der Waals surface area contributed by atoms with Crippen molar-refractivity contribution in [3.63, 3.8) is 0 Å². The number of aliphatic hydroxyl groups is 1. The minimum absolute atomic E-state index is 0.0251. The Kier molecular flexibility index (Phi) is 12.2. The first kappa shape index (κ1) is 37.7. The lowest BCUT2D eigenvalue weighted by Crippen LogP contribution is -2.59. The van der Waals surface area contributed by atoms with E-state index in [0.717, 1.165) is 0 Å². The number of anilines is 1. The van der Waals surface area contributed by atoms with E-state index < -0.39 is 59.5 Å². The maximum Gasteiger partial charge on any atom is 0.313 e. The van der Waals surface area contributed by atoms with E-state index in [-0.39, 0.29) is 49.2 Å². The Labute approximate surface area is 306 Å². The third-order valence-corrected chi connectivity index (χ3v) is 10.9. The second-order valence-corrected chi connectivity index (χ2v) is 15.2. The second kappa shape index (κ2) is 16.2. The van der Waals surface area contributed by atoms with Gasteiger partial charge in [-0.3, -0.25) is 19.2 Å². The molecule has 8 atom stereocenters. The highest BCUT2D eigenvalue weighted by atomic mass is 79.9. The van der Waals surface area contributed by atoms with Crippen LogP contribution in [0, 0.1) is 17.8 Å². The maximum atomic E-state index is 14.9. The van der Waals surface area contributed by atoms with Gasteiger partial charge in [0.25, 0.3) is 5.91 Å². The number of carbonyl (C=O) groups excluding carboxylic acids is 4. The molecule has 1 spiro atoms. The lowest BCUT2D eigenvalue weighted by Gasteiger charge is -2.39. The molecule has 5 rings (SSSR count). The molecule has 0 aromatic heterocycles. The van der Waals surface area contributed by atoms with Gasteiger partial charge in [0.15, 0.2) is 0 Å².